The van der Waals surface area contributed by atoms with Crippen molar-refractivity contribution < 1.29 is 9.21 Å². The van der Waals surface area contributed by atoms with E-state index in [1.165, 1.54) is 5.56 Å². The van der Waals surface area contributed by atoms with Crippen LogP contribution in [0.1, 0.15) is 30.9 Å². The van der Waals surface area contributed by atoms with Crippen LogP contribution in [-0.2, 0) is 17.6 Å². The largest absolute Gasteiger partial charge is 0.441 e. The summed E-state index contributed by atoms with van der Waals surface area (Å²) >= 11 is 0. The van der Waals surface area contributed by atoms with Crippen molar-refractivity contribution in [3.63, 3.8) is 0 Å². The van der Waals surface area contributed by atoms with Crippen molar-refractivity contribution in [1.82, 2.24) is 15.2 Å². The smallest absolute Gasteiger partial charge is 0.226 e. The minimum atomic E-state index is -0.0313. The molecule has 1 heterocycles. The van der Waals surface area contributed by atoms with Gasteiger partial charge in [0.15, 0.2) is 0 Å². The average Bonchev–Trinajstić information content (AvgIpc) is 3.14. The molecule has 0 saturated carbocycles. The van der Waals surface area contributed by atoms with E-state index in [1.54, 1.807) is 0 Å². The first-order valence-electron chi connectivity index (χ1n) is 10.7. The Bertz CT molecular complexity index is 918. The zero-order chi connectivity index (χ0) is 21.3. The number of likely N-dealkylation sites (N-methyl/N-ethyl adjacent to an activating group) is 1. The van der Waals surface area contributed by atoms with Crippen LogP contribution in [0.4, 0.5) is 0 Å². The van der Waals surface area contributed by atoms with Crippen molar-refractivity contribution in [2.75, 3.05) is 19.6 Å². The second-order valence-corrected chi connectivity index (χ2v) is 7.43. The standard InChI is InChI=1S/C25H31N3O2/c1-4-28(5-2)22(16-20-12-8-6-9-13-20)18-26-24(29)17-23-19(3)30-25(27-23)21-14-10-7-11-15-21/h6-15,22H,4-5,16-18H2,1-3H3,(H,26,29). The Kier molecular flexibility index (Phi) is 7.80. The molecular formula is C25H31N3O2. The maximum Gasteiger partial charge on any atom is 0.226 e. The maximum atomic E-state index is 12.7. The number of benzene rings is 2. The molecule has 158 valence electrons. The highest BCUT2D eigenvalue weighted by Crippen LogP contribution is 2.21. The van der Waals surface area contributed by atoms with Crippen LogP contribution in [0.3, 0.4) is 0 Å². The van der Waals surface area contributed by atoms with Gasteiger partial charge in [-0.2, -0.15) is 0 Å². The van der Waals surface area contributed by atoms with Gasteiger partial charge in [0.05, 0.1) is 12.1 Å². The molecule has 0 spiro atoms. The Morgan fingerprint density at radius 2 is 1.67 bits per heavy atom. The second-order valence-electron chi connectivity index (χ2n) is 7.43. The lowest BCUT2D eigenvalue weighted by Crippen LogP contribution is -2.45. The third-order valence-corrected chi connectivity index (χ3v) is 5.42. The van der Waals surface area contributed by atoms with Crippen molar-refractivity contribution >= 4 is 5.91 Å². The topological polar surface area (TPSA) is 58.4 Å². The zero-order valence-electron chi connectivity index (χ0n) is 18.1. The second kappa shape index (κ2) is 10.7. The number of aromatic nitrogens is 1. The summed E-state index contributed by atoms with van der Waals surface area (Å²) < 4.78 is 5.78. The molecule has 0 saturated heterocycles. The van der Waals surface area contributed by atoms with Gasteiger partial charge >= 0.3 is 0 Å². The lowest BCUT2D eigenvalue weighted by Gasteiger charge is -2.30. The summed E-state index contributed by atoms with van der Waals surface area (Å²) in [5.41, 5.74) is 2.88. The summed E-state index contributed by atoms with van der Waals surface area (Å²) in [6, 6.07) is 20.4. The first-order chi connectivity index (χ1) is 14.6. The quantitative estimate of drug-likeness (QED) is 0.547. The Hall–Kier alpha value is -2.92. The fourth-order valence-corrected chi connectivity index (χ4v) is 3.70. The SMILES string of the molecule is CCN(CC)C(CNC(=O)Cc1nc(-c2ccccc2)oc1C)Cc1ccccc1. The van der Waals surface area contributed by atoms with Crippen LogP contribution >= 0.6 is 0 Å². The van der Waals surface area contributed by atoms with Crippen molar-refractivity contribution in [2.45, 2.75) is 39.7 Å². The first-order valence-corrected chi connectivity index (χ1v) is 10.7. The number of aryl methyl sites for hydroxylation is 1. The molecule has 0 aliphatic rings. The van der Waals surface area contributed by atoms with E-state index in [2.05, 4.69) is 53.3 Å². The number of rotatable bonds is 10. The summed E-state index contributed by atoms with van der Waals surface area (Å²) in [5.74, 6) is 1.21. The number of hydrogen-bond acceptors (Lipinski definition) is 4. The van der Waals surface area contributed by atoms with Crippen LogP contribution in [0.2, 0.25) is 0 Å². The number of carbonyl (C=O) groups excluding carboxylic acids is 1. The van der Waals surface area contributed by atoms with E-state index in [1.807, 2.05) is 43.3 Å². The van der Waals surface area contributed by atoms with Gasteiger partial charge in [-0.15, -0.1) is 0 Å². The van der Waals surface area contributed by atoms with Crippen LogP contribution in [0.25, 0.3) is 11.5 Å². The molecule has 1 atom stereocenters. The number of amides is 1. The van der Waals surface area contributed by atoms with Crippen LogP contribution in [-0.4, -0.2) is 41.5 Å². The Balaban J connectivity index is 1.62. The Morgan fingerprint density at radius 3 is 2.30 bits per heavy atom. The number of nitrogens with one attached hydrogen (secondary N) is 1. The molecular weight excluding hydrogens is 374 g/mol. The fraction of sp³-hybridized carbons (Fsp3) is 0.360. The maximum absolute atomic E-state index is 12.7. The van der Waals surface area contributed by atoms with Gasteiger partial charge in [-0.25, -0.2) is 4.98 Å². The van der Waals surface area contributed by atoms with Crippen molar-refractivity contribution in [3.8, 4) is 11.5 Å². The molecule has 1 N–H and O–H groups in total. The summed E-state index contributed by atoms with van der Waals surface area (Å²) in [5, 5.41) is 3.11. The lowest BCUT2D eigenvalue weighted by atomic mass is 10.0. The predicted octanol–water partition coefficient (Wildman–Crippen LogP) is 4.26. The van der Waals surface area contributed by atoms with E-state index in [4.69, 9.17) is 4.42 Å². The summed E-state index contributed by atoms with van der Waals surface area (Å²) in [6.45, 7) is 8.69. The van der Waals surface area contributed by atoms with Gasteiger partial charge < -0.3 is 9.73 Å². The number of nitrogens with zero attached hydrogens (tertiary/aromatic N) is 2. The minimum absolute atomic E-state index is 0.0313. The molecule has 0 aliphatic carbocycles. The molecule has 1 unspecified atom stereocenters. The van der Waals surface area contributed by atoms with Crippen molar-refractivity contribution in [2.24, 2.45) is 0 Å². The third-order valence-electron chi connectivity index (χ3n) is 5.42. The minimum Gasteiger partial charge on any atom is -0.441 e. The van der Waals surface area contributed by atoms with Crippen molar-refractivity contribution in [1.29, 1.82) is 0 Å². The van der Waals surface area contributed by atoms with Crippen LogP contribution in [0.15, 0.2) is 65.1 Å². The van der Waals surface area contributed by atoms with Gasteiger partial charge in [0.25, 0.3) is 0 Å². The molecule has 5 nitrogen and oxygen atoms in total. The van der Waals surface area contributed by atoms with Gasteiger partial charge in [-0.1, -0.05) is 62.4 Å². The van der Waals surface area contributed by atoms with E-state index >= 15 is 0 Å². The van der Waals surface area contributed by atoms with E-state index in [0.29, 0.717) is 23.9 Å². The van der Waals surface area contributed by atoms with E-state index in [0.717, 1.165) is 25.1 Å². The van der Waals surface area contributed by atoms with E-state index in [9.17, 15) is 4.79 Å². The zero-order valence-corrected chi connectivity index (χ0v) is 18.1. The molecule has 5 heteroatoms. The van der Waals surface area contributed by atoms with E-state index in [-0.39, 0.29) is 18.4 Å². The molecule has 0 radical (unpaired) electrons. The Morgan fingerprint density at radius 1 is 1.03 bits per heavy atom. The number of oxazole rings is 1. The van der Waals surface area contributed by atoms with Gasteiger partial charge in [-0.05, 0) is 44.1 Å². The highest BCUT2D eigenvalue weighted by atomic mass is 16.4. The summed E-state index contributed by atoms with van der Waals surface area (Å²) in [4.78, 5) is 19.6. The van der Waals surface area contributed by atoms with E-state index < -0.39 is 0 Å². The normalized spacial score (nSPS) is 12.1. The van der Waals surface area contributed by atoms with Gasteiger partial charge in [0, 0.05) is 18.2 Å². The highest BCUT2D eigenvalue weighted by Gasteiger charge is 2.19. The predicted molar refractivity (Wildman–Crippen MR) is 120 cm³/mol. The van der Waals surface area contributed by atoms with Crippen LogP contribution in [0.5, 0.6) is 0 Å². The van der Waals surface area contributed by atoms with Gasteiger partial charge in [-0.3, -0.25) is 9.69 Å². The van der Waals surface area contributed by atoms with Gasteiger partial charge in [0.1, 0.15) is 5.76 Å². The highest BCUT2D eigenvalue weighted by molar-refractivity contribution is 5.78. The lowest BCUT2D eigenvalue weighted by molar-refractivity contribution is -0.120. The number of carbonyl (C=O) groups is 1. The molecule has 3 aromatic rings. The number of hydrogen-bond donors (Lipinski definition) is 1. The first kappa shape index (κ1) is 21.8. The summed E-state index contributed by atoms with van der Waals surface area (Å²) in [7, 11) is 0. The molecule has 0 fully saturated rings. The van der Waals surface area contributed by atoms with Crippen LogP contribution < -0.4 is 5.32 Å². The fourth-order valence-electron chi connectivity index (χ4n) is 3.70. The third kappa shape index (κ3) is 5.80. The monoisotopic (exact) mass is 405 g/mol. The molecule has 2 aromatic carbocycles. The molecule has 1 aromatic heterocycles. The molecule has 0 aliphatic heterocycles. The average molecular weight is 406 g/mol. The molecule has 1 amide bonds. The molecule has 3 rings (SSSR count). The molecule has 30 heavy (non-hydrogen) atoms. The van der Waals surface area contributed by atoms with Gasteiger partial charge in [0.2, 0.25) is 11.8 Å². The van der Waals surface area contributed by atoms with Crippen molar-refractivity contribution in [3.05, 3.63) is 77.7 Å². The molecule has 0 bridgehead atoms. The Labute approximate surface area is 179 Å². The van der Waals surface area contributed by atoms with Crippen LogP contribution in [0, 0.1) is 6.92 Å². The summed E-state index contributed by atoms with van der Waals surface area (Å²) in [6.07, 6.45) is 1.13.